The first-order valence-corrected chi connectivity index (χ1v) is 12.6. The minimum Gasteiger partial charge on any atom is -0.378 e. The van der Waals surface area contributed by atoms with E-state index in [4.69, 9.17) is 9.47 Å². The van der Waals surface area contributed by atoms with Gasteiger partial charge in [0.25, 0.3) is 0 Å². The van der Waals surface area contributed by atoms with Crippen molar-refractivity contribution >= 4 is 0 Å². The third-order valence-corrected chi connectivity index (χ3v) is 7.12. The van der Waals surface area contributed by atoms with Crippen molar-refractivity contribution in [3.63, 3.8) is 0 Å². The van der Waals surface area contributed by atoms with Crippen LogP contribution in [0.25, 0.3) is 0 Å². The van der Waals surface area contributed by atoms with Gasteiger partial charge in [-0.1, -0.05) is 60.3 Å². The Hall–Kier alpha value is -1.38. The van der Waals surface area contributed by atoms with Crippen LogP contribution < -0.4 is 0 Å². The van der Waals surface area contributed by atoms with Crippen LogP contribution >= 0.6 is 0 Å². The van der Waals surface area contributed by atoms with E-state index in [1.54, 1.807) is 0 Å². The molecule has 4 atom stereocenters. The maximum atomic E-state index is 5.92. The number of hydrogen-bond donors (Lipinski definition) is 0. The summed E-state index contributed by atoms with van der Waals surface area (Å²) in [5, 5.41) is 0. The average molecular weight is 427 g/mol. The molecule has 0 aliphatic heterocycles. The molecule has 0 amide bonds. The Morgan fingerprint density at radius 1 is 0.903 bits per heavy atom. The van der Waals surface area contributed by atoms with Crippen molar-refractivity contribution in [1.82, 2.24) is 0 Å². The monoisotopic (exact) mass is 426 g/mol. The summed E-state index contributed by atoms with van der Waals surface area (Å²) in [6.07, 6.45) is 25.7. The van der Waals surface area contributed by atoms with Crippen LogP contribution in [0.2, 0.25) is 0 Å². The lowest BCUT2D eigenvalue weighted by Crippen LogP contribution is -2.32. The molecule has 2 nitrogen and oxygen atoms in total. The Kier molecular flexibility index (Phi) is 12.9. The van der Waals surface area contributed by atoms with Gasteiger partial charge in [0, 0.05) is 13.2 Å². The molecule has 2 rings (SSSR count). The van der Waals surface area contributed by atoms with E-state index in [1.807, 2.05) is 6.92 Å². The summed E-state index contributed by atoms with van der Waals surface area (Å²) < 4.78 is 11.2. The zero-order valence-corrected chi connectivity index (χ0v) is 20.4. The Balaban J connectivity index is 1.70. The SMILES string of the molecule is C=C(/C=C\C(=C/C)CC/C=C/C)C1CCC2CC(COC/C=C\COCC)CCC2C1. The van der Waals surface area contributed by atoms with Crippen LogP contribution in [-0.4, -0.2) is 26.4 Å². The minimum atomic E-state index is 0.675. The van der Waals surface area contributed by atoms with Gasteiger partial charge in [0.1, 0.15) is 0 Å². The molecule has 0 saturated heterocycles. The maximum Gasteiger partial charge on any atom is 0.0648 e. The van der Waals surface area contributed by atoms with Crippen molar-refractivity contribution in [2.45, 2.75) is 72.1 Å². The number of hydrogen-bond acceptors (Lipinski definition) is 2. The molecule has 2 aliphatic carbocycles. The van der Waals surface area contributed by atoms with E-state index < -0.39 is 0 Å². The Morgan fingerprint density at radius 3 is 2.39 bits per heavy atom. The third-order valence-electron chi connectivity index (χ3n) is 7.12. The van der Waals surface area contributed by atoms with Gasteiger partial charge in [0.15, 0.2) is 0 Å². The molecule has 0 radical (unpaired) electrons. The second-order valence-electron chi connectivity index (χ2n) is 9.26. The molecule has 2 aliphatic rings. The van der Waals surface area contributed by atoms with Gasteiger partial charge >= 0.3 is 0 Å². The summed E-state index contributed by atoms with van der Waals surface area (Å²) >= 11 is 0. The van der Waals surface area contributed by atoms with E-state index in [9.17, 15) is 0 Å². The summed E-state index contributed by atoms with van der Waals surface area (Å²) in [6, 6.07) is 0. The fraction of sp³-hybridized carbons (Fsp3) is 0.655. The van der Waals surface area contributed by atoms with Gasteiger partial charge in [-0.25, -0.2) is 0 Å². The number of ether oxygens (including phenoxy) is 2. The van der Waals surface area contributed by atoms with Crippen LogP contribution in [0.15, 0.2) is 60.3 Å². The lowest BCUT2D eigenvalue weighted by atomic mass is 9.64. The molecule has 174 valence electrons. The van der Waals surface area contributed by atoms with E-state index in [2.05, 4.69) is 63.0 Å². The summed E-state index contributed by atoms with van der Waals surface area (Å²) in [7, 11) is 0. The quantitative estimate of drug-likeness (QED) is 0.170. The number of rotatable bonds is 13. The summed E-state index contributed by atoms with van der Waals surface area (Å²) in [4.78, 5) is 0. The minimum absolute atomic E-state index is 0.675. The van der Waals surface area contributed by atoms with Gasteiger partial charge in [0.2, 0.25) is 0 Å². The van der Waals surface area contributed by atoms with Crippen LogP contribution in [0.5, 0.6) is 0 Å². The van der Waals surface area contributed by atoms with E-state index in [1.165, 1.54) is 49.7 Å². The van der Waals surface area contributed by atoms with Crippen LogP contribution in [0.1, 0.15) is 72.1 Å². The van der Waals surface area contributed by atoms with Crippen molar-refractivity contribution in [1.29, 1.82) is 0 Å². The van der Waals surface area contributed by atoms with E-state index in [-0.39, 0.29) is 0 Å². The molecular formula is C29H46O2. The van der Waals surface area contributed by atoms with Crippen molar-refractivity contribution in [3.8, 4) is 0 Å². The molecule has 2 saturated carbocycles. The smallest absolute Gasteiger partial charge is 0.0648 e. The first-order chi connectivity index (χ1) is 15.2. The second-order valence-corrected chi connectivity index (χ2v) is 9.26. The topological polar surface area (TPSA) is 18.5 Å². The highest BCUT2D eigenvalue weighted by Crippen LogP contribution is 2.46. The molecule has 0 aromatic carbocycles. The van der Waals surface area contributed by atoms with Crippen molar-refractivity contribution < 1.29 is 9.47 Å². The average Bonchev–Trinajstić information content (AvgIpc) is 2.80. The predicted molar refractivity (Wildman–Crippen MR) is 134 cm³/mol. The third kappa shape index (κ3) is 9.74. The molecular weight excluding hydrogens is 380 g/mol. The Morgan fingerprint density at radius 2 is 1.65 bits per heavy atom. The van der Waals surface area contributed by atoms with Gasteiger partial charge in [-0.2, -0.15) is 0 Å². The lowest BCUT2D eigenvalue weighted by molar-refractivity contribution is 0.0509. The summed E-state index contributed by atoms with van der Waals surface area (Å²) in [6.45, 7) is 13.8. The molecule has 0 spiro atoms. The van der Waals surface area contributed by atoms with Gasteiger partial charge in [-0.05, 0) is 95.8 Å². The largest absolute Gasteiger partial charge is 0.378 e. The molecule has 2 heteroatoms. The number of fused-ring (bicyclic) bond motifs is 1. The predicted octanol–water partition coefficient (Wildman–Crippen LogP) is 7.84. The van der Waals surface area contributed by atoms with E-state index >= 15 is 0 Å². The summed E-state index contributed by atoms with van der Waals surface area (Å²) in [5.74, 6) is 3.21. The van der Waals surface area contributed by atoms with Crippen LogP contribution in [-0.2, 0) is 9.47 Å². The maximum absolute atomic E-state index is 5.92. The Labute approximate surface area is 192 Å². The summed E-state index contributed by atoms with van der Waals surface area (Å²) in [5.41, 5.74) is 2.76. The molecule has 0 heterocycles. The molecule has 0 N–H and O–H groups in total. The molecule has 31 heavy (non-hydrogen) atoms. The fourth-order valence-corrected chi connectivity index (χ4v) is 5.19. The van der Waals surface area contributed by atoms with Crippen LogP contribution in [0.3, 0.4) is 0 Å². The first kappa shape index (κ1) is 25.9. The van der Waals surface area contributed by atoms with Crippen LogP contribution in [0.4, 0.5) is 0 Å². The molecule has 2 fully saturated rings. The standard InChI is InChI=1S/C29H46O2/c1-5-8-9-12-25(6-2)14-13-24(4)27-17-18-28-21-26(15-16-29(28)22-27)23-31-20-11-10-19-30-7-3/h5-6,8,10-11,13-14,26-29H,4,7,9,12,15-23H2,1-3H3/b8-5+,11-10-,14-13-,25-6-. The van der Waals surface area contributed by atoms with Gasteiger partial charge in [-0.15, -0.1) is 0 Å². The molecule has 4 unspecified atom stereocenters. The van der Waals surface area contributed by atoms with Gasteiger partial charge < -0.3 is 9.47 Å². The first-order valence-electron chi connectivity index (χ1n) is 12.6. The van der Waals surface area contributed by atoms with Gasteiger partial charge in [0.05, 0.1) is 13.2 Å². The Bertz CT molecular complexity index is 625. The fourth-order valence-electron chi connectivity index (χ4n) is 5.19. The molecule has 0 bridgehead atoms. The highest BCUT2D eigenvalue weighted by atomic mass is 16.5. The highest BCUT2D eigenvalue weighted by molar-refractivity contribution is 5.28. The van der Waals surface area contributed by atoms with E-state index in [0.717, 1.165) is 50.4 Å². The van der Waals surface area contributed by atoms with Gasteiger partial charge in [-0.3, -0.25) is 0 Å². The highest BCUT2D eigenvalue weighted by Gasteiger charge is 2.35. The molecule has 0 aromatic heterocycles. The van der Waals surface area contributed by atoms with Crippen molar-refractivity contribution in [2.24, 2.45) is 23.7 Å². The second kappa shape index (κ2) is 15.4. The van der Waals surface area contributed by atoms with Crippen molar-refractivity contribution in [3.05, 3.63) is 60.3 Å². The zero-order chi connectivity index (χ0) is 22.3. The number of allylic oxidation sites excluding steroid dienone is 7. The van der Waals surface area contributed by atoms with E-state index in [0.29, 0.717) is 12.5 Å². The zero-order valence-electron chi connectivity index (χ0n) is 20.4. The van der Waals surface area contributed by atoms with Crippen LogP contribution in [0, 0.1) is 23.7 Å². The van der Waals surface area contributed by atoms with Crippen molar-refractivity contribution in [2.75, 3.05) is 26.4 Å². The lowest BCUT2D eigenvalue weighted by Gasteiger charge is -2.42. The normalized spacial score (nSPS) is 27.4. The molecule has 0 aromatic rings.